The predicted molar refractivity (Wildman–Crippen MR) is 74.1 cm³/mol. The Morgan fingerprint density at radius 2 is 2.44 bits per heavy atom. The van der Waals surface area contributed by atoms with E-state index in [1.165, 1.54) is 11.3 Å². The first kappa shape index (κ1) is 13.4. The van der Waals surface area contributed by atoms with E-state index in [9.17, 15) is 4.79 Å². The number of nitrogens with two attached hydrogens (primary N) is 1. The molecule has 98 valence electrons. The van der Waals surface area contributed by atoms with Gasteiger partial charge in [-0.1, -0.05) is 5.16 Å². The fourth-order valence-electron chi connectivity index (χ4n) is 2.07. The summed E-state index contributed by atoms with van der Waals surface area (Å²) in [5, 5.41) is 13.6. The number of amides is 1. The fourth-order valence-corrected chi connectivity index (χ4v) is 3.58. The lowest BCUT2D eigenvalue weighted by Crippen LogP contribution is -2.44. The summed E-state index contributed by atoms with van der Waals surface area (Å²) in [4.78, 5) is 14.8. The van der Waals surface area contributed by atoms with E-state index in [4.69, 9.17) is 10.9 Å². The minimum Gasteiger partial charge on any atom is -0.409 e. The maximum atomic E-state index is 12.3. The van der Waals surface area contributed by atoms with Gasteiger partial charge in [0.15, 0.2) is 0 Å². The van der Waals surface area contributed by atoms with Gasteiger partial charge in [-0.15, -0.1) is 11.3 Å². The van der Waals surface area contributed by atoms with Crippen molar-refractivity contribution in [2.45, 2.75) is 12.8 Å². The highest BCUT2D eigenvalue weighted by Crippen LogP contribution is 2.26. The molecule has 2 heterocycles. The zero-order valence-electron chi connectivity index (χ0n) is 9.67. The topological polar surface area (TPSA) is 78.9 Å². The summed E-state index contributed by atoms with van der Waals surface area (Å²) in [6.07, 6.45) is 1.72. The standard InChI is InChI=1S/C11H14BrN3O2S/c12-8-3-5-18-9(8)11(16)15-4-1-2-7(6-15)10(13)14-17/h3,5,7,17H,1-2,4,6H2,(H2,13,14). The largest absolute Gasteiger partial charge is 0.409 e. The molecule has 1 aliphatic rings. The molecule has 0 aromatic carbocycles. The summed E-state index contributed by atoms with van der Waals surface area (Å²) in [7, 11) is 0. The van der Waals surface area contributed by atoms with Gasteiger partial charge in [0.1, 0.15) is 10.7 Å². The zero-order valence-corrected chi connectivity index (χ0v) is 12.1. The Morgan fingerprint density at radius 1 is 1.67 bits per heavy atom. The van der Waals surface area contributed by atoms with Gasteiger partial charge >= 0.3 is 0 Å². The van der Waals surface area contributed by atoms with Gasteiger partial charge in [0.05, 0.1) is 0 Å². The second-order valence-electron chi connectivity index (χ2n) is 4.21. The molecule has 0 spiro atoms. The monoisotopic (exact) mass is 331 g/mol. The van der Waals surface area contributed by atoms with Crippen LogP contribution in [0.4, 0.5) is 0 Å². The SMILES string of the molecule is NC(=NO)C1CCCN(C(=O)c2sccc2Br)C1. The molecule has 1 unspecified atom stereocenters. The third kappa shape index (κ3) is 2.67. The fraction of sp³-hybridized carbons (Fsp3) is 0.455. The van der Waals surface area contributed by atoms with Crippen LogP contribution in [0.1, 0.15) is 22.5 Å². The van der Waals surface area contributed by atoms with E-state index in [1.807, 2.05) is 11.4 Å². The molecule has 0 radical (unpaired) electrons. The molecule has 1 aromatic heterocycles. The molecule has 0 aliphatic carbocycles. The van der Waals surface area contributed by atoms with Gasteiger partial charge in [0.25, 0.3) is 5.91 Å². The second kappa shape index (κ2) is 5.71. The van der Waals surface area contributed by atoms with Crippen LogP contribution >= 0.6 is 27.3 Å². The highest BCUT2D eigenvalue weighted by atomic mass is 79.9. The van der Waals surface area contributed by atoms with E-state index >= 15 is 0 Å². The molecule has 0 bridgehead atoms. The number of likely N-dealkylation sites (tertiary alicyclic amines) is 1. The van der Waals surface area contributed by atoms with Gasteiger partial charge < -0.3 is 15.8 Å². The van der Waals surface area contributed by atoms with Gasteiger partial charge in [0, 0.05) is 23.5 Å². The van der Waals surface area contributed by atoms with Crippen LogP contribution in [0.25, 0.3) is 0 Å². The smallest absolute Gasteiger partial charge is 0.265 e. The van der Waals surface area contributed by atoms with Crippen LogP contribution in [-0.4, -0.2) is 34.9 Å². The predicted octanol–water partition coefficient (Wildman–Crippen LogP) is 2.11. The summed E-state index contributed by atoms with van der Waals surface area (Å²) in [5.74, 6) is 0.163. The minimum atomic E-state index is -0.0496. The Kier molecular flexibility index (Phi) is 4.23. The van der Waals surface area contributed by atoms with Gasteiger partial charge in [-0.05, 0) is 40.2 Å². The molecular formula is C11H14BrN3O2S. The molecule has 1 aromatic rings. The van der Waals surface area contributed by atoms with Crippen molar-refractivity contribution in [3.8, 4) is 0 Å². The zero-order chi connectivity index (χ0) is 13.1. The van der Waals surface area contributed by atoms with Crippen molar-refractivity contribution < 1.29 is 10.0 Å². The maximum Gasteiger partial charge on any atom is 0.265 e. The number of piperidine rings is 1. The van der Waals surface area contributed by atoms with E-state index in [-0.39, 0.29) is 17.7 Å². The Balaban J connectivity index is 2.10. The molecule has 2 rings (SSSR count). The Hall–Kier alpha value is -1.08. The highest BCUT2D eigenvalue weighted by Gasteiger charge is 2.28. The molecule has 3 N–H and O–H groups in total. The first-order valence-corrected chi connectivity index (χ1v) is 7.30. The van der Waals surface area contributed by atoms with E-state index in [2.05, 4.69) is 21.1 Å². The third-order valence-corrected chi connectivity index (χ3v) is 4.88. The van der Waals surface area contributed by atoms with Crippen molar-refractivity contribution in [2.75, 3.05) is 13.1 Å². The first-order chi connectivity index (χ1) is 8.63. The van der Waals surface area contributed by atoms with Crippen LogP contribution < -0.4 is 5.73 Å². The number of carbonyl (C=O) groups excluding carboxylic acids is 1. The third-order valence-electron chi connectivity index (χ3n) is 3.05. The summed E-state index contributed by atoms with van der Waals surface area (Å²) < 4.78 is 0.823. The molecule has 7 heteroatoms. The minimum absolute atomic E-state index is 0.00677. The van der Waals surface area contributed by atoms with Crippen LogP contribution in [-0.2, 0) is 0 Å². The molecule has 0 saturated carbocycles. The van der Waals surface area contributed by atoms with Crippen molar-refractivity contribution in [3.05, 3.63) is 20.8 Å². The van der Waals surface area contributed by atoms with Crippen LogP contribution in [0, 0.1) is 5.92 Å². The molecule has 1 aliphatic heterocycles. The van der Waals surface area contributed by atoms with Crippen LogP contribution in [0.5, 0.6) is 0 Å². The summed E-state index contributed by atoms with van der Waals surface area (Å²) in [6.45, 7) is 1.23. The lowest BCUT2D eigenvalue weighted by Gasteiger charge is -2.31. The molecule has 1 saturated heterocycles. The van der Waals surface area contributed by atoms with Crippen LogP contribution in [0.15, 0.2) is 21.1 Å². The molecule has 1 fully saturated rings. The molecular weight excluding hydrogens is 318 g/mol. The summed E-state index contributed by atoms with van der Waals surface area (Å²) in [5.41, 5.74) is 5.61. The van der Waals surface area contributed by atoms with Crippen LogP contribution in [0.2, 0.25) is 0 Å². The van der Waals surface area contributed by atoms with Crippen molar-refractivity contribution in [1.29, 1.82) is 0 Å². The number of hydrogen-bond acceptors (Lipinski definition) is 4. The van der Waals surface area contributed by atoms with Gasteiger partial charge in [-0.3, -0.25) is 4.79 Å². The number of oxime groups is 1. The summed E-state index contributed by atoms with van der Waals surface area (Å²) >= 11 is 4.78. The maximum absolute atomic E-state index is 12.3. The van der Waals surface area contributed by atoms with Crippen molar-refractivity contribution >= 4 is 39.0 Å². The number of amidine groups is 1. The Morgan fingerprint density at radius 3 is 3.06 bits per heavy atom. The van der Waals surface area contributed by atoms with Crippen LogP contribution in [0.3, 0.4) is 0 Å². The molecule has 18 heavy (non-hydrogen) atoms. The number of rotatable bonds is 2. The second-order valence-corrected chi connectivity index (χ2v) is 5.98. The average molecular weight is 332 g/mol. The van der Waals surface area contributed by atoms with Gasteiger partial charge in [-0.2, -0.15) is 0 Å². The number of nitrogens with zero attached hydrogens (tertiary/aromatic N) is 2. The lowest BCUT2D eigenvalue weighted by molar-refractivity contribution is 0.0705. The number of thiophene rings is 1. The quantitative estimate of drug-likeness (QED) is 0.377. The number of hydrogen-bond donors (Lipinski definition) is 2. The van der Waals surface area contributed by atoms with Gasteiger partial charge in [-0.25, -0.2) is 0 Å². The highest BCUT2D eigenvalue weighted by molar-refractivity contribution is 9.10. The summed E-state index contributed by atoms with van der Waals surface area (Å²) in [6, 6.07) is 1.86. The van der Waals surface area contributed by atoms with E-state index in [0.717, 1.165) is 23.9 Å². The van der Waals surface area contributed by atoms with Gasteiger partial charge in [0.2, 0.25) is 0 Å². The van der Waals surface area contributed by atoms with Crippen molar-refractivity contribution in [2.24, 2.45) is 16.8 Å². The van der Waals surface area contributed by atoms with E-state index in [1.54, 1.807) is 4.90 Å². The molecule has 1 atom stereocenters. The Labute approximate surface area is 117 Å². The van der Waals surface area contributed by atoms with E-state index < -0.39 is 0 Å². The average Bonchev–Trinajstić information content (AvgIpc) is 2.83. The van der Waals surface area contributed by atoms with Crippen molar-refractivity contribution in [1.82, 2.24) is 4.90 Å². The number of halogens is 1. The Bertz CT molecular complexity index is 475. The van der Waals surface area contributed by atoms with Crippen molar-refractivity contribution in [3.63, 3.8) is 0 Å². The number of carbonyl (C=O) groups is 1. The van der Waals surface area contributed by atoms with E-state index in [0.29, 0.717) is 11.4 Å². The lowest BCUT2D eigenvalue weighted by atomic mass is 9.97. The first-order valence-electron chi connectivity index (χ1n) is 5.63. The molecule has 1 amide bonds. The normalized spacial score (nSPS) is 21.1. The molecule has 5 nitrogen and oxygen atoms in total.